The number of nitrogens with one attached hydrogen (secondary N) is 1. The van der Waals surface area contributed by atoms with Crippen molar-refractivity contribution in [3.63, 3.8) is 0 Å². The second-order valence-electron chi connectivity index (χ2n) is 7.74. The Hall–Kier alpha value is -3.78. The maximum atomic E-state index is 14.4. The Kier molecular flexibility index (Phi) is 5.07. The van der Waals surface area contributed by atoms with Gasteiger partial charge < -0.3 is 9.72 Å². The van der Waals surface area contributed by atoms with Crippen LogP contribution in [0.4, 0.5) is 4.39 Å². The van der Waals surface area contributed by atoms with Crippen LogP contribution in [-0.4, -0.2) is 26.5 Å². The first-order chi connectivity index (χ1) is 15.5. The van der Waals surface area contributed by atoms with Gasteiger partial charge in [-0.3, -0.25) is 14.2 Å². The highest BCUT2D eigenvalue weighted by Crippen LogP contribution is 2.31. The third kappa shape index (κ3) is 3.38. The molecule has 162 valence electrons. The lowest BCUT2D eigenvalue weighted by molar-refractivity contribution is 0.0501. The quantitative estimate of drug-likeness (QED) is 0.488. The summed E-state index contributed by atoms with van der Waals surface area (Å²) < 4.78 is 21.6. The normalized spacial score (nSPS) is 16.0. The number of ether oxygens (including phenoxy) is 1. The summed E-state index contributed by atoms with van der Waals surface area (Å²) >= 11 is 0. The Morgan fingerprint density at radius 2 is 1.84 bits per heavy atom. The fourth-order valence-corrected chi connectivity index (χ4v) is 4.19. The molecule has 1 fully saturated rings. The Morgan fingerprint density at radius 3 is 2.59 bits per heavy atom. The summed E-state index contributed by atoms with van der Waals surface area (Å²) in [5, 5.41) is 0.667. The number of hydrogen-bond acceptors (Lipinski definition) is 4. The first-order valence-electron chi connectivity index (χ1n) is 10.4. The Morgan fingerprint density at radius 1 is 1.09 bits per heavy atom. The second kappa shape index (κ2) is 8.05. The van der Waals surface area contributed by atoms with Gasteiger partial charge in [-0.15, -0.1) is 0 Å². The van der Waals surface area contributed by atoms with E-state index in [4.69, 9.17) is 4.74 Å². The van der Waals surface area contributed by atoms with Crippen LogP contribution in [0.1, 0.15) is 29.4 Å². The highest BCUT2D eigenvalue weighted by molar-refractivity contribution is 6.13. The predicted octanol–water partition coefficient (Wildman–Crippen LogP) is 3.49. The zero-order valence-corrected chi connectivity index (χ0v) is 17.1. The van der Waals surface area contributed by atoms with Crippen LogP contribution in [-0.2, 0) is 11.3 Å². The Labute approximate surface area is 181 Å². The molecule has 1 aliphatic heterocycles. The molecule has 1 atom stereocenters. The van der Waals surface area contributed by atoms with Crippen LogP contribution in [0.3, 0.4) is 0 Å². The number of fused-ring (bicyclic) bond motifs is 1. The fraction of sp³-hybridized carbons (Fsp3) is 0.208. The van der Waals surface area contributed by atoms with Crippen LogP contribution in [0, 0.1) is 5.82 Å². The van der Waals surface area contributed by atoms with Gasteiger partial charge in [-0.2, -0.15) is 4.39 Å². The van der Waals surface area contributed by atoms with Gasteiger partial charge in [0.2, 0.25) is 5.82 Å². The van der Waals surface area contributed by atoms with Crippen LogP contribution in [0.25, 0.3) is 22.2 Å². The SMILES string of the molecule is O=C(Cn1c(=O)c(F)cn([C@H]2CCCO2)c1=O)c1c(-c2ccccc2)[nH]c2ccccc12. The van der Waals surface area contributed by atoms with Crippen molar-refractivity contribution < 1.29 is 13.9 Å². The number of H-pyrrole nitrogens is 1. The molecule has 0 saturated carbocycles. The molecular formula is C24H20FN3O4. The molecule has 0 aliphatic carbocycles. The van der Waals surface area contributed by atoms with Crippen LogP contribution < -0.4 is 11.2 Å². The fourth-order valence-electron chi connectivity index (χ4n) is 4.19. The summed E-state index contributed by atoms with van der Waals surface area (Å²) in [7, 11) is 0. The summed E-state index contributed by atoms with van der Waals surface area (Å²) in [4.78, 5) is 42.1. The van der Waals surface area contributed by atoms with Gasteiger partial charge in [-0.25, -0.2) is 9.36 Å². The molecule has 0 amide bonds. The zero-order valence-electron chi connectivity index (χ0n) is 17.1. The average Bonchev–Trinajstić information content (AvgIpc) is 3.48. The van der Waals surface area contributed by atoms with Crippen LogP contribution in [0.5, 0.6) is 0 Å². The van der Waals surface area contributed by atoms with Crippen LogP contribution >= 0.6 is 0 Å². The summed E-state index contributed by atoms with van der Waals surface area (Å²) in [5.74, 6) is -1.57. The van der Waals surface area contributed by atoms with E-state index in [9.17, 15) is 18.8 Å². The lowest BCUT2D eigenvalue weighted by Crippen LogP contribution is -2.43. The molecular weight excluding hydrogens is 413 g/mol. The standard InChI is InChI=1S/C24H20FN3O4/c25-17-13-27(20-11-6-12-32-20)24(31)28(23(17)30)14-19(29)21-16-9-4-5-10-18(16)26-22(21)15-7-2-1-3-8-15/h1-5,7-10,13,20,26H,6,11-12,14H2/t20-/m1/s1. The monoisotopic (exact) mass is 433 g/mol. The maximum Gasteiger partial charge on any atom is 0.333 e. The van der Waals surface area contributed by atoms with Crippen molar-refractivity contribution in [3.8, 4) is 11.3 Å². The van der Waals surface area contributed by atoms with E-state index in [0.29, 0.717) is 34.2 Å². The number of Topliss-reactive ketones (excluding diaryl/α,β-unsaturated/α-hetero) is 1. The minimum Gasteiger partial charge on any atom is -0.358 e. The van der Waals surface area contributed by atoms with E-state index in [1.165, 1.54) is 0 Å². The third-order valence-corrected chi connectivity index (χ3v) is 5.72. The van der Waals surface area contributed by atoms with E-state index in [1.807, 2.05) is 42.5 Å². The zero-order chi connectivity index (χ0) is 22.2. The Bertz CT molecular complexity index is 1430. The molecule has 0 bridgehead atoms. The Balaban J connectivity index is 1.63. The van der Waals surface area contributed by atoms with Crippen molar-refractivity contribution >= 4 is 16.7 Å². The molecule has 0 spiro atoms. The average molecular weight is 433 g/mol. The molecule has 0 radical (unpaired) electrons. The third-order valence-electron chi connectivity index (χ3n) is 5.72. The van der Waals surface area contributed by atoms with Gasteiger partial charge in [0.1, 0.15) is 6.23 Å². The van der Waals surface area contributed by atoms with E-state index in [-0.39, 0.29) is 0 Å². The van der Waals surface area contributed by atoms with Gasteiger partial charge in [0, 0.05) is 17.5 Å². The number of para-hydroxylation sites is 1. The highest BCUT2D eigenvalue weighted by atomic mass is 19.1. The van der Waals surface area contributed by atoms with Crippen molar-refractivity contribution in [2.24, 2.45) is 0 Å². The van der Waals surface area contributed by atoms with E-state index < -0.39 is 35.6 Å². The van der Waals surface area contributed by atoms with Crippen LogP contribution in [0.2, 0.25) is 0 Å². The van der Waals surface area contributed by atoms with E-state index in [0.717, 1.165) is 28.3 Å². The van der Waals surface area contributed by atoms with E-state index in [2.05, 4.69) is 4.98 Å². The van der Waals surface area contributed by atoms with Crippen molar-refractivity contribution in [2.45, 2.75) is 25.6 Å². The smallest absolute Gasteiger partial charge is 0.333 e. The molecule has 8 heteroatoms. The number of aromatic nitrogens is 3. The molecule has 4 aromatic rings. The van der Waals surface area contributed by atoms with Gasteiger partial charge in [0.25, 0.3) is 5.56 Å². The highest BCUT2D eigenvalue weighted by Gasteiger charge is 2.25. The van der Waals surface area contributed by atoms with Gasteiger partial charge in [0.15, 0.2) is 5.78 Å². The number of benzene rings is 2. The predicted molar refractivity (Wildman–Crippen MR) is 117 cm³/mol. The van der Waals surface area contributed by atoms with Gasteiger partial charge in [-0.05, 0) is 24.5 Å². The topological polar surface area (TPSA) is 86.1 Å². The summed E-state index contributed by atoms with van der Waals surface area (Å²) in [6.45, 7) is -0.129. The molecule has 1 N–H and O–H groups in total. The number of ketones is 1. The number of halogens is 1. The van der Waals surface area contributed by atoms with Crippen molar-refractivity contribution in [3.05, 3.63) is 93.0 Å². The van der Waals surface area contributed by atoms with Gasteiger partial charge in [0.05, 0.1) is 24.0 Å². The van der Waals surface area contributed by atoms with Gasteiger partial charge >= 0.3 is 5.69 Å². The minimum absolute atomic E-state index is 0.353. The maximum absolute atomic E-state index is 14.4. The molecule has 2 aromatic carbocycles. The van der Waals surface area contributed by atoms with Gasteiger partial charge in [-0.1, -0.05) is 48.5 Å². The lowest BCUT2D eigenvalue weighted by Gasteiger charge is -2.15. The molecule has 7 nitrogen and oxygen atoms in total. The number of hydrogen-bond donors (Lipinski definition) is 1. The molecule has 1 saturated heterocycles. The summed E-state index contributed by atoms with van der Waals surface area (Å²) in [6, 6.07) is 16.6. The van der Waals surface area contributed by atoms with E-state index >= 15 is 0 Å². The minimum atomic E-state index is -1.13. The molecule has 5 rings (SSSR count). The first-order valence-corrected chi connectivity index (χ1v) is 10.4. The van der Waals surface area contributed by atoms with Crippen molar-refractivity contribution in [1.29, 1.82) is 0 Å². The molecule has 3 heterocycles. The number of aromatic amines is 1. The second-order valence-corrected chi connectivity index (χ2v) is 7.74. The number of carbonyl (C=O) groups is 1. The lowest BCUT2D eigenvalue weighted by atomic mass is 10.0. The first kappa shape index (κ1) is 20.1. The van der Waals surface area contributed by atoms with E-state index in [1.54, 1.807) is 12.1 Å². The van der Waals surface area contributed by atoms with Crippen molar-refractivity contribution in [1.82, 2.24) is 14.1 Å². The van der Waals surface area contributed by atoms with Crippen molar-refractivity contribution in [2.75, 3.05) is 6.61 Å². The summed E-state index contributed by atoms with van der Waals surface area (Å²) in [5.41, 5.74) is 0.580. The summed E-state index contributed by atoms with van der Waals surface area (Å²) in [6.07, 6.45) is 1.48. The molecule has 32 heavy (non-hydrogen) atoms. The molecule has 0 unspecified atom stereocenters. The van der Waals surface area contributed by atoms with Crippen LogP contribution in [0.15, 0.2) is 70.4 Å². The largest absolute Gasteiger partial charge is 0.358 e. The number of nitrogens with zero attached hydrogens (tertiary/aromatic N) is 2. The molecule has 2 aromatic heterocycles. The number of carbonyl (C=O) groups excluding carboxylic acids is 1. The molecule has 1 aliphatic rings. The number of rotatable bonds is 5.